The molecule has 2 atom stereocenters. The van der Waals surface area contributed by atoms with Crippen molar-refractivity contribution in [3.05, 3.63) is 18.2 Å². The van der Waals surface area contributed by atoms with Gasteiger partial charge in [-0.3, -0.25) is 0 Å². The zero-order valence-electron chi connectivity index (χ0n) is 12.8. The third kappa shape index (κ3) is 2.57. The average Bonchev–Trinajstić information content (AvgIpc) is 2.55. The first-order valence-electron chi connectivity index (χ1n) is 7.76. The van der Waals surface area contributed by atoms with Gasteiger partial charge in [-0.15, -0.1) is 0 Å². The Morgan fingerprint density at radius 3 is 2.05 bits per heavy atom. The van der Waals surface area contributed by atoms with Crippen molar-refractivity contribution in [2.24, 2.45) is 5.41 Å². The third-order valence-electron chi connectivity index (χ3n) is 5.13. The van der Waals surface area contributed by atoms with Gasteiger partial charge in [0.05, 0.1) is 20.3 Å². The Hall–Kier alpha value is -1.42. The van der Waals surface area contributed by atoms with Crippen molar-refractivity contribution >= 4 is 0 Å². The highest BCUT2D eigenvalue weighted by atomic mass is 16.5. The van der Waals surface area contributed by atoms with E-state index in [9.17, 15) is 5.11 Å². The standard InChI is InChI=1S/C17H24O4/c1-19-12-8-13(20-2)10-14(9-12)21-16-11-15(18)17(16)6-4-3-5-7-17/h8-10,15-16,18H,3-7,11H2,1-2H3. The largest absolute Gasteiger partial charge is 0.496 e. The molecule has 1 aromatic carbocycles. The maximum atomic E-state index is 10.2. The van der Waals surface area contributed by atoms with Crippen LogP contribution in [0.2, 0.25) is 0 Å². The molecule has 1 N–H and O–H groups in total. The highest BCUT2D eigenvalue weighted by molar-refractivity contribution is 5.42. The van der Waals surface area contributed by atoms with Crippen LogP contribution in [0, 0.1) is 5.41 Å². The highest BCUT2D eigenvalue weighted by Crippen LogP contribution is 2.53. The van der Waals surface area contributed by atoms with Crippen LogP contribution < -0.4 is 14.2 Å². The molecule has 0 saturated heterocycles. The zero-order valence-corrected chi connectivity index (χ0v) is 12.8. The summed E-state index contributed by atoms with van der Waals surface area (Å²) in [6.45, 7) is 0. The molecule has 1 aromatic rings. The van der Waals surface area contributed by atoms with Gasteiger partial charge in [0.15, 0.2) is 0 Å². The lowest BCUT2D eigenvalue weighted by Crippen LogP contribution is -2.60. The Morgan fingerprint density at radius 2 is 1.52 bits per heavy atom. The fourth-order valence-corrected chi connectivity index (χ4v) is 3.77. The molecule has 0 aromatic heterocycles. The smallest absolute Gasteiger partial charge is 0.127 e. The van der Waals surface area contributed by atoms with Gasteiger partial charge in [0.25, 0.3) is 0 Å². The molecule has 0 amide bonds. The number of ether oxygens (including phenoxy) is 3. The van der Waals surface area contributed by atoms with E-state index in [1.54, 1.807) is 14.2 Å². The summed E-state index contributed by atoms with van der Waals surface area (Å²) in [6, 6.07) is 5.59. The van der Waals surface area contributed by atoms with Crippen molar-refractivity contribution in [3.8, 4) is 17.2 Å². The fraction of sp³-hybridized carbons (Fsp3) is 0.647. The zero-order chi connectivity index (χ0) is 14.9. The number of methoxy groups -OCH3 is 2. The van der Waals surface area contributed by atoms with Crippen LogP contribution >= 0.6 is 0 Å². The first kappa shape index (κ1) is 14.5. The molecule has 2 aliphatic carbocycles. The summed E-state index contributed by atoms with van der Waals surface area (Å²) < 4.78 is 16.7. The van der Waals surface area contributed by atoms with Gasteiger partial charge in [0.1, 0.15) is 23.4 Å². The van der Waals surface area contributed by atoms with Crippen LogP contribution in [0.25, 0.3) is 0 Å². The predicted molar refractivity (Wildman–Crippen MR) is 80.1 cm³/mol. The van der Waals surface area contributed by atoms with Gasteiger partial charge in [0, 0.05) is 30.0 Å². The molecule has 0 radical (unpaired) electrons. The highest BCUT2D eigenvalue weighted by Gasteiger charge is 2.56. The van der Waals surface area contributed by atoms with Crippen molar-refractivity contribution in [2.75, 3.05) is 14.2 Å². The Labute approximate surface area is 126 Å². The van der Waals surface area contributed by atoms with Crippen molar-refractivity contribution in [1.29, 1.82) is 0 Å². The van der Waals surface area contributed by atoms with E-state index in [1.807, 2.05) is 18.2 Å². The van der Waals surface area contributed by atoms with E-state index >= 15 is 0 Å². The molecule has 4 heteroatoms. The lowest BCUT2D eigenvalue weighted by Gasteiger charge is -2.55. The molecule has 2 saturated carbocycles. The van der Waals surface area contributed by atoms with Crippen molar-refractivity contribution < 1.29 is 19.3 Å². The van der Waals surface area contributed by atoms with Crippen LogP contribution in [-0.4, -0.2) is 31.5 Å². The van der Waals surface area contributed by atoms with Gasteiger partial charge in [-0.1, -0.05) is 19.3 Å². The number of aliphatic hydroxyl groups excluding tert-OH is 1. The molecule has 0 aliphatic heterocycles. The first-order chi connectivity index (χ1) is 10.2. The second kappa shape index (κ2) is 5.76. The SMILES string of the molecule is COc1cc(OC)cc(OC2CC(O)C23CCCCC3)c1. The van der Waals surface area contributed by atoms with Crippen molar-refractivity contribution in [3.63, 3.8) is 0 Å². The van der Waals surface area contributed by atoms with Crippen LogP contribution in [0.5, 0.6) is 17.2 Å². The average molecular weight is 292 g/mol. The Kier molecular flexibility index (Phi) is 3.98. The van der Waals surface area contributed by atoms with Crippen molar-refractivity contribution in [1.82, 2.24) is 0 Å². The second-order valence-corrected chi connectivity index (χ2v) is 6.20. The van der Waals surface area contributed by atoms with E-state index < -0.39 is 0 Å². The minimum atomic E-state index is -0.213. The Balaban J connectivity index is 1.77. The van der Waals surface area contributed by atoms with Gasteiger partial charge >= 0.3 is 0 Å². The maximum Gasteiger partial charge on any atom is 0.127 e. The molecule has 2 unspecified atom stereocenters. The van der Waals surface area contributed by atoms with E-state index in [-0.39, 0.29) is 17.6 Å². The molecule has 2 fully saturated rings. The summed E-state index contributed by atoms with van der Waals surface area (Å²) in [5.41, 5.74) is -0.0332. The molecule has 3 rings (SSSR count). The van der Waals surface area contributed by atoms with Gasteiger partial charge in [0.2, 0.25) is 0 Å². The van der Waals surface area contributed by atoms with Crippen LogP contribution in [-0.2, 0) is 0 Å². The number of benzene rings is 1. The monoisotopic (exact) mass is 292 g/mol. The van der Waals surface area contributed by atoms with Gasteiger partial charge in [-0.05, 0) is 12.8 Å². The fourth-order valence-electron chi connectivity index (χ4n) is 3.77. The van der Waals surface area contributed by atoms with Crippen molar-refractivity contribution in [2.45, 2.75) is 50.7 Å². The van der Waals surface area contributed by atoms with E-state index in [0.717, 1.165) is 36.5 Å². The summed E-state index contributed by atoms with van der Waals surface area (Å²) >= 11 is 0. The number of hydrogen-bond donors (Lipinski definition) is 1. The summed E-state index contributed by atoms with van der Waals surface area (Å²) in [5.74, 6) is 2.21. The summed E-state index contributed by atoms with van der Waals surface area (Å²) in [4.78, 5) is 0. The topological polar surface area (TPSA) is 47.9 Å². The molecule has 2 aliphatic rings. The van der Waals surface area contributed by atoms with E-state index in [2.05, 4.69) is 0 Å². The molecule has 21 heavy (non-hydrogen) atoms. The second-order valence-electron chi connectivity index (χ2n) is 6.20. The number of rotatable bonds is 4. The number of hydrogen-bond acceptors (Lipinski definition) is 4. The lowest BCUT2D eigenvalue weighted by molar-refractivity contribution is -0.172. The molecule has 0 heterocycles. The molecular formula is C17H24O4. The normalized spacial score (nSPS) is 27.0. The van der Waals surface area contributed by atoms with E-state index in [4.69, 9.17) is 14.2 Å². The minimum Gasteiger partial charge on any atom is -0.496 e. The maximum absolute atomic E-state index is 10.2. The summed E-state index contributed by atoms with van der Waals surface area (Å²) in [6.07, 6.45) is 6.41. The summed E-state index contributed by atoms with van der Waals surface area (Å²) in [5, 5.41) is 10.2. The molecule has 0 bridgehead atoms. The third-order valence-corrected chi connectivity index (χ3v) is 5.13. The van der Waals surface area contributed by atoms with E-state index in [0.29, 0.717) is 0 Å². The predicted octanol–water partition coefficient (Wildman–Crippen LogP) is 3.17. The first-order valence-corrected chi connectivity index (χ1v) is 7.76. The number of aliphatic hydroxyl groups is 1. The van der Waals surface area contributed by atoms with Crippen LogP contribution in [0.3, 0.4) is 0 Å². The van der Waals surface area contributed by atoms with Gasteiger partial charge in [-0.25, -0.2) is 0 Å². The molecule has 4 nitrogen and oxygen atoms in total. The van der Waals surface area contributed by atoms with Gasteiger partial charge in [-0.2, -0.15) is 0 Å². The lowest BCUT2D eigenvalue weighted by atomic mass is 9.56. The summed E-state index contributed by atoms with van der Waals surface area (Å²) in [7, 11) is 3.27. The Bertz CT molecular complexity index is 471. The van der Waals surface area contributed by atoms with Crippen LogP contribution in [0.15, 0.2) is 18.2 Å². The molecule has 1 spiro atoms. The van der Waals surface area contributed by atoms with Crippen LogP contribution in [0.1, 0.15) is 38.5 Å². The van der Waals surface area contributed by atoms with E-state index in [1.165, 1.54) is 19.3 Å². The molecule has 116 valence electrons. The molecular weight excluding hydrogens is 268 g/mol. The Morgan fingerprint density at radius 1 is 0.952 bits per heavy atom. The van der Waals surface area contributed by atoms with Crippen LogP contribution in [0.4, 0.5) is 0 Å². The minimum absolute atomic E-state index is 0.0332. The van der Waals surface area contributed by atoms with Gasteiger partial charge < -0.3 is 19.3 Å². The quantitative estimate of drug-likeness (QED) is 0.926.